The van der Waals surface area contributed by atoms with Crippen molar-refractivity contribution in [2.45, 2.75) is 13.0 Å². The van der Waals surface area contributed by atoms with Gasteiger partial charge in [-0.1, -0.05) is 19.1 Å². The predicted octanol–water partition coefficient (Wildman–Crippen LogP) is 0.972. The summed E-state index contributed by atoms with van der Waals surface area (Å²) in [5.41, 5.74) is -0.0775. The summed E-state index contributed by atoms with van der Waals surface area (Å²) < 4.78 is 5.42. The first kappa shape index (κ1) is 16.7. The quantitative estimate of drug-likeness (QED) is 0.597. The number of aliphatic hydroxyl groups excluding tert-OH is 1. The van der Waals surface area contributed by atoms with E-state index in [0.29, 0.717) is 6.54 Å². The first-order valence-electron chi connectivity index (χ1n) is 7.59. The van der Waals surface area contributed by atoms with Gasteiger partial charge in [-0.15, -0.1) is 0 Å². The van der Waals surface area contributed by atoms with E-state index >= 15 is 0 Å². The van der Waals surface area contributed by atoms with E-state index in [1.807, 2.05) is 0 Å². The fourth-order valence-electron chi connectivity index (χ4n) is 2.55. The van der Waals surface area contributed by atoms with E-state index in [-0.39, 0.29) is 18.0 Å². The number of benzene rings is 1. The van der Waals surface area contributed by atoms with Crippen LogP contribution < -0.4 is 4.74 Å². The summed E-state index contributed by atoms with van der Waals surface area (Å²) in [5.74, 6) is 0.197. The molecule has 0 aromatic heterocycles. The number of ether oxygens (including phenoxy) is 1. The molecule has 1 aliphatic heterocycles. The highest BCUT2D eigenvalue weighted by Crippen LogP contribution is 2.25. The van der Waals surface area contributed by atoms with Crippen LogP contribution in [0.4, 0.5) is 5.69 Å². The number of nitro groups is 1. The van der Waals surface area contributed by atoms with E-state index in [4.69, 9.17) is 4.74 Å². The van der Waals surface area contributed by atoms with Crippen LogP contribution in [0.3, 0.4) is 0 Å². The van der Waals surface area contributed by atoms with Crippen molar-refractivity contribution in [1.29, 1.82) is 0 Å². The van der Waals surface area contributed by atoms with Gasteiger partial charge >= 0.3 is 5.69 Å². The number of hydrogen-bond acceptors (Lipinski definition) is 6. The summed E-state index contributed by atoms with van der Waals surface area (Å²) in [4.78, 5) is 15.0. The monoisotopic (exact) mass is 309 g/mol. The molecule has 1 aromatic rings. The van der Waals surface area contributed by atoms with Crippen LogP contribution in [0.25, 0.3) is 0 Å². The van der Waals surface area contributed by atoms with Gasteiger partial charge in [0.15, 0.2) is 5.75 Å². The Labute approximate surface area is 130 Å². The highest BCUT2D eigenvalue weighted by atomic mass is 16.6. The Bertz CT molecular complexity index is 489. The maximum Gasteiger partial charge on any atom is 0.310 e. The Kier molecular flexibility index (Phi) is 6.11. The number of nitrogens with zero attached hydrogens (tertiary/aromatic N) is 3. The number of para-hydroxylation sites is 2. The van der Waals surface area contributed by atoms with Crippen LogP contribution in [0.15, 0.2) is 24.3 Å². The molecule has 0 amide bonds. The van der Waals surface area contributed by atoms with E-state index in [0.717, 1.165) is 32.7 Å². The molecular formula is C15H23N3O4. The molecule has 1 fully saturated rings. The molecule has 122 valence electrons. The molecule has 1 N–H and O–H groups in total. The van der Waals surface area contributed by atoms with Gasteiger partial charge in [-0.25, -0.2) is 0 Å². The average molecular weight is 309 g/mol. The number of nitro benzene ring substituents is 1. The Morgan fingerprint density at radius 2 is 1.91 bits per heavy atom. The van der Waals surface area contributed by atoms with Crippen molar-refractivity contribution >= 4 is 5.69 Å². The third-order valence-electron chi connectivity index (χ3n) is 3.87. The zero-order valence-corrected chi connectivity index (χ0v) is 12.9. The summed E-state index contributed by atoms with van der Waals surface area (Å²) in [6.45, 7) is 7.65. The minimum absolute atomic E-state index is 0.0544. The largest absolute Gasteiger partial charge is 0.484 e. The summed E-state index contributed by atoms with van der Waals surface area (Å²) in [7, 11) is 0. The third kappa shape index (κ3) is 4.66. The number of likely N-dealkylation sites (N-methyl/N-ethyl adjacent to an activating group) is 1. The van der Waals surface area contributed by atoms with Crippen molar-refractivity contribution < 1.29 is 14.8 Å². The summed E-state index contributed by atoms with van der Waals surface area (Å²) in [6.07, 6.45) is -0.659. The smallest absolute Gasteiger partial charge is 0.310 e. The maximum atomic E-state index is 10.9. The fourth-order valence-corrected chi connectivity index (χ4v) is 2.55. The first-order valence-corrected chi connectivity index (χ1v) is 7.59. The van der Waals surface area contributed by atoms with Gasteiger partial charge in [-0.3, -0.25) is 15.0 Å². The second-order valence-corrected chi connectivity index (χ2v) is 5.42. The average Bonchev–Trinajstić information content (AvgIpc) is 2.54. The molecular weight excluding hydrogens is 286 g/mol. The second kappa shape index (κ2) is 8.07. The molecule has 1 atom stereocenters. The molecule has 22 heavy (non-hydrogen) atoms. The highest BCUT2D eigenvalue weighted by molar-refractivity contribution is 5.45. The van der Waals surface area contributed by atoms with Crippen LogP contribution >= 0.6 is 0 Å². The first-order chi connectivity index (χ1) is 10.6. The Morgan fingerprint density at radius 3 is 2.55 bits per heavy atom. The highest BCUT2D eigenvalue weighted by Gasteiger charge is 2.20. The zero-order valence-electron chi connectivity index (χ0n) is 12.9. The van der Waals surface area contributed by atoms with Crippen molar-refractivity contribution in [2.75, 3.05) is 45.9 Å². The number of piperazine rings is 1. The lowest BCUT2D eigenvalue weighted by Crippen LogP contribution is -2.49. The van der Waals surface area contributed by atoms with E-state index < -0.39 is 11.0 Å². The molecule has 1 aromatic carbocycles. The van der Waals surface area contributed by atoms with Crippen molar-refractivity contribution in [1.82, 2.24) is 9.80 Å². The van der Waals surface area contributed by atoms with Gasteiger partial charge in [-0.2, -0.15) is 0 Å². The van der Waals surface area contributed by atoms with Gasteiger partial charge in [0.1, 0.15) is 12.7 Å². The molecule has 1 saturated heterocycles. The minimum Gasteiger partial charge on any atom is -0.484 e. The molecule has 7 heteroatoms. The summed E-state index contributed by atoms with van der Waals surface area (Å²) >= 11 is 0. The molecule has 7 nitrogen and oxygen atoms in total. The minimum atomic E-state index is -0.659. The van der Waals surface area contributed by atoms with Crippen molar-refractivity contribution in [2.24, 2.45) is 0 Å². The van der Waals surface area contributed by atoms with Gasteiger partial charge in [-0.05, 0) is 12.6 Å². The van der Waals surface area contributed by atoms with Crippen molar-refractivity contribution in [3.05, 3.63) is 34.4 Å². The molecule has 0 spiro atoms. The lowest BCUT2D eigenvalue weighted by Gasteiger charge is -2.34. The standard InChI is InChI=1S/C15H23N3O4/c1-2-16-7-9-17(10-8-16)11-13(19)12-22-15-6-4-3-5-14(15)18(20)21/h3-6,13,19H,2,7-12H2,1H3. The summed E-state index contributed by atoms with van der Waals surface area (Å²) in [5, 5.41) is 21.0. The molecule has 0 aliphatic carbocycles. The molecule has 1 aliphatic rings. The SMILES string of the molecule is CCN1CCN(CC(O)COc2ccccc2[N+](=O)[O-])CC1. The van der Waals surface area contributed by atoms with Crippen LogP contribution in [0, 0.1) is 10.1 Å². The Hall–Kier alpha value is -1.70. The number of aliphatic hydroxyl groups is 1. The third-order valence-corrected chi connectivity index (χ3v) is 3.87. The maximum absolute atomic E-state index is 10.9. The number of rotatable bonds is 7. The normalized spacial score (nSPS) is 18.1. The Balaban J connectivity index is 1.79. The topological polar surface area (TPSA) is 79.1 Å². The van der Waals surface area contributed by atoms with Gasteiger partial charge in [0.05, 0.1) is 4.92 Å². The van der Waals surface area contributed by atoms with Crippen LogP contribution in [-0.2, 0) is 0 Å². The van der Waals surface area contributed by atoms with Gasteiger partial charge in [0.25, 0.3) is 0 Å². The molecule has 1 unspecified atom stereocenters. The van der Waals surface area contributed by atoms with Crippen molar-refractivity contribution in [3.63, 3.8) is 0 Å². The predicted molar refractivity (Wildman–Crippen MR) is 83.2 cm³/mol. The Morgan fingerprint density at radius 1 is 1.27 bits per heavy atom. The lowest BCUT2D eigenvalue weighted by molar-refractivity contribution is -0.385. The van der Waals surface area contributed by atoms with Crippen LogP contribution in [-0.4, -0.2) is 71.8 Å². The molecule has 1 heterocycles. The van der Waals surface area contributed by atoms with Gasteiger partial charge in [0, 0.05) is 38.8 Å². The van der Waals surface area contributed by atoms with E-state index in [1.54, 1.807) is 18.2 Å². The zero-order chi connectivity index (χ0) is 15.9. The molecule has 0 saturated carbocycles. The number of hydrogen-bond donors (Lipinski definition) is 1. The van der Waals surface area contributed by atoms with Crippen LogP contribution in [0.2, 0.25) is 0 Å². The van der Waals surface area contributed by atoms with E-state index in [1.165, 1.54) is 6.07 Å². The summed E-state index contributed by atoms with van der Waals surface area (Å²) in [6, 6.07) is 6.21. The van der Waals surface area contributed by atoms with Crippen molar-refractivity contribution in [3.8, 4) is 5.75 Å². The lowest BCUT2D eigenvalue weighted by atomic mass is 10.2. The fraction of sp³-hybridized carbons (Fsp3) is 0.600. The van der Waals surface area contributed by atoms with Crippen LogP contribution in [0.5, 0.6) is 5.75 Å². The number of β-amino-alcohol motifs (C(OH)–C–C–N with tert-alkyl or cyclic N) is 1. The molecule has 0 radical (unpaired) electrons. The van der Waals surface area contributed by atoms with E-state index in [2.05, 4.69) is 16.7 Å². The van der Waals surface area contributed by atoms with Gasteiger partial charge in [0.2, 0.25) is 0 Å². The second-order valence-electron chi connectivity index (χ2n) is 5.42. The molecule has 2 rings (SSSR count). The van der Waals surface area contributed by atoms with E-state index in [9.17, 15) is 15.2 Å². The molecule has 0 bridgehead atoms. The van der Waals surface area contributed by atoms with Crippen LogP contribution in [0.1, 0.15) is 6.92 Å². The van der Waals surface area contributed by atoms with Gasteiger partial charge < -0.3 is 14.7 Å².